The number of aromatic nitrogens is 3. The van der Waals surface area contributed by atoms with Crippen molar-refractivity contribution in [2.24, 2.45) is 5.73 Å². The lowest BCUT2D eigenvalue weighted by atomic mass is 10.4. The van der Waals surface area contributed by atoms with Crippen molar-refractivity contribution in [3.8, 4) is 0 Å². The average Bonchev–Trinajstić information content (AvgIpc) is 2.28. The number of hydrogen-bond donors (Lipinski definition) is 3. The lowest BCUT2D eigenvalue weighted by Gasteiger charge is -1.99. The fourth-order valence-corrected chi connectivity index (χ4v) is 0.998. The van der Waals surface area contributed by atoms with Crippen molar-refractivity contribution in [1.82, 2.24) is 14.8 Å². The Bertz CT molecular complexity index is 340. The standard InChI is InChI=1S/C5H9N5OS/c6-3(11)1-2-10-4(7)8-9-5(10)12/h1-2H2,(H2,6,11)(H2,7,8)(H,9,12). The Labute approximate surface area is 73.6 Å². The molecule has 7 heteroatoms. The minimum absolute atomic E-state index is 0.206. The zero-order valence-corrected chi connectivity index (χ0v) is 7.10. The fourth-order valence-electron chi connectivity index (χ4n) is 0.768. The maximum absolute atomic E-state index is 10.4. The number of anilines is 1. The van der Waals surface area contributed by atoms with E-state index in [9.17, 15) is 4.79 Å². The van der Waals surface area contributed by atoms with Crippen LogP contribution in [0, 0.1) is 4.77 Å². The highest BCUT2D eigenvalue weighted by Crippen LogP contribution is 1.99. The van der Waals surface area contributed by atoms with Crippen molar-refractivity contribution >= 4 is 24.1 Å². The lowest BCUT2D eigenvalue weighted by molar-refractivity contribution is -0.118. The van der Waals surface area contributed by atoms with Crippen molar-refractivity contribution in [2.45, 2.75) is 13.0 Å². The summed E-state index contributed by atoms with van der Waals surface area (Å²) in [5, 5.41) is 6.16. The van der Waals surface area contributed by atoms with Crippen molar-refractivity contribution in [3.63, 3.8) is 0 Å². The summed E-state index contributed by atoms with van der Waals surface area (Å²) in [5.41, 5.74) is 10.4. The summed E-state index contributed by atoms with van der Waals surface area (Å²) in [5.74, 6) is -0.126. The van der Waals surface area contributed by atoms with Crippen LogP contribution < -0.4 is 11.5 Å². The Kier molecular flexibility index (Phi) is 2.44. The summed E-state index contributed by atoms with van der Waals surface area (Å²) in [4.78, 5) is 10.4. The molecule has 1 heterocycles. The molecule has 66 valence electrons. The minimum Gasteiger partial charge on any atom is -0.370 e. The summed E-state index contributed by atoms with van der Waals surface area (Å²) in [6, 6.07) is 0. The first-order valence-electron chi connectivity index (χ1n) is 3.30. The predicted octanol–water partition coefficient (Wildman–Crippen LogP) is -0.602. The first-order chi connectivity index (χ1) is 5.61. The van der Waals surface area contributed by atoms with Gasteiger partial charge in [-0.3, -0.25) is 9.36 Å². The molecule has 1 aromatic heterocycles. The molecule has 1 amide bonds. The van der Waals surface area contributed by atoms with Crippen LogP contribution in [0.15, 0.2) is 0 Å². The molecule has 0 saturated heterocycles. The van der Waals surface area contributed by atoms with Gasteiger partial charge in [0.2, 0.25) is 11.9 Å². The molecule has 12 heavy (non-hydrogen) atoms. The van der Waals surface area contributed by atoms with E-state index >= 15 is 0 Å². The van der Waals surface area contributed by atoms with Crippen LogP contribution in [0.25, 0.3) is 0 Å². The number of nitrogen functional groups attached to an aromatic ring is 1. The summed E-state index contributed by atoms with van der Waals surface area (Å²) in [6.07, 6.45) is 0.206. The normalized spacial score (nSPS) is 10.0. The van der Waals surface area contributed by atoms with Crippen LogP contribution in [0.5, 0.6) is 0 Å². The third kappa shape index (κ3) is 1.82. The van der Waals surface area contributed by atoms with Gasteiger partial charge in [0, 0.05) is 13.0 Å². The molecular formula is C5H9N5OS. The predicted molar refractivity (Wildman–Crippen MR) is 45.6 cm³/mol. The van der Waals surface area contributed by atoms with Gasteiger partial charge in [0.05, 0.1) is 0 Å². The third-order valence-corrected chi connectivity index (χ3v) is 1.68. The second-order valence-corrected chi connectivity index (χ2v) is 2.64. The number of nitrogens with one attached hydrogen (secondary N) is 1. The number of nitrogens with two attached hydrogens (primary N) is 2. The number of rotatable bonds is 3. The van der Waals surface area contributed by atoms with Gasteiger partial charge in [-0.05, 0) is 12.2 Å². The Morgan fingerprint density at radius 1 is 1.75 bits per heavy atom. The topological polar surface area (TPSA) is 103 Å². The number of primary amides is 1. The Balaban J connectivity index is 2.75. The number of hydrogen-bond acceptors (Lipinski definition) is 4. The molecule has 0 bridgehead atoms. The number of H-pyrrole nitrogens is 1. The molecule has 0 aromatic carbocycles. The van der Waals surface area contributed by atoms with Gasteiger partial charge in [0.15, 0.2) is 4.77 Å². The summed E-state index contributed by atoms with van der Waals surface area (Å²) in [7, 11) is 0. The highest BCUT2D eigenvalue weighted by atomic mass is 32.1. The molecule has 0 radical (unpaired) electrons. The van der Waals surface area contributed by atoms with E-state index in [1.807, 2.05) is 0 Å². The highest BCUT2D eigenvalue weighted by Gasteiger charge is 2.02. The maximum Gasteiger partial charge on any atom is 0.220 e. The van der Waals surface area contributed by atoms with Gasteiger partial charge in [-0.15, -0.1) is 5.10 Å². The van der Waals surface area contributed by atoms with Crippen molar-refractivity contribution < 1.29 is 4.79 Å². The molecule has 5 N–H and O–H groups in total. The number of nitrogens with zero attached hydrogens (tertiary/aromatic N) is 2. The van der Waals surface area contributed by atoms with Crippen LogP contribution >= 0.6 is 12.2 Å². The van der Waals surface area contributed by atoms with E-state index in [2.05, 4.69) is 10.2 Å². The SMILES string of the molecule is NC(=O)CCn1c(N)n[nH]c1=S. The van der Waals surface area contributed by atoms with Gasteiger partial charge >= 0.3 is 0 Å². The Morgan fingerprint density at radius 3 is 2.83 bits per heavy atom. The van der Waals surface area contributed by atoms with Gasteiger partial charge in [0.25, 0.3) is 0 Å². The molecule has 0 fully saturated rings. The van der Waals surface area contributed by atoms with Gasteiger partial charge in [-0.2, -0.15) is 0 Å². The molecular weight excluding hydrogens is 178 g/mol. The summed E-state index contributed by atoms with van der Waals surface area (Å²) < 4.78 is 1.91. The minimum atomic E-state index is -0.391. The molecule has 1 rings (SSSR count). The van der Waals surface area contributed by atoms with Gasteiger partial charge in [0.1, 0.15) is 0 Å². The molecule has 0 spiro atoms. The fraction of sp³-hybridized carbons (Fsp3) is 0.400. The molecule has 0 aliphatic heterocycles. The number of carbonyl (C=O) groups is 1. The van der Waals surface area contributed by atoms with Gasteiger partial charge in [-0.25, -0.2) is 5.10 Å². The molecule has 1 aromatic rings. The van der Waals surface area contributed by atoms with Gasteiger partial charge < -0.3 is 11.5 Å². The van der Waals surface area contributed by atoms with Gasteiger partial charge in [-0.1, -0.05) is 0 Å². The number of amides is 1. The Hall–Kier alpha value is -1.37. The average molecular weight is 187 g/mol. The van der Waals surface area contributed by atoms with Crippen LogP contribution in [0.3, 0.4) is 0 Å². The summed E-state index contributed by atoms with van der Waals surface area (Å²) >= 11 is 4.84. The maximum atomic E-state index is 10.4. The summed E-state index contributed by atoms with van der Waals surface area (Å²) in [6.45, 7) is 0.372. The molecule has 0 saturated carbocycles. The zero-order valence-electron chi connectivity index (χ0n) is 6.28. The van der Waals surface area contributed by atoms with E-state index in [1.165, 1.54) is 4.57 Å². The molecule has 0 aliphatic carbocycles. The number of aromatic amines is 1. The van der Waals surface area contributed by atoms with E-state index in [4.69, 9.17) is 23.7 Å². The van der Waals surface area contributed by atoms with Crippen LogP contribution in [-0.2, 0) is 11.3 Å². The first kappa shape index (κ1) is 8.72. The van der Waals surface area contributed by atoms with Crippen LogP contribution in [0.1, 0.15) is 6.42 Å². The lowest BCUT2D eigenvalue weighted by Crippen LogP contribution is -2.15. The van der Waals surface area contributed by atoms with E-state index in [1.54, 1.807) is 0 Å². The molecule has 6 nitrogen and oxygen atoms in total. The van der Waals surface area contributed by atoms with Crippen LogP contribution in [-0.4, -0.2) is 20.7 Å². The van der Waals surface area contributed by atoms with Crippen molar-refractivity contribution in [1.29, 1.82) is 0 Å². The second kappa shape index (κ2) is 3.35. The van der Waals surface area contributed by atoms with Crippen LogP contribution in [0.2, 0.25) is 0 Å². The second-order valence-electron chi connectivity index (χ2n) is 2.25. The first-order valence-corrected chi connectivity index (χ1v) is 3.71. The van der Waals surface area contributed by atoms with E-state index in [0.717, 1.165) is 0 Å². The quantitative estimate of drug-likeness (QED) is 0.549. The largest absolute Gasteiger partial charge is 0.370 e. The van der Waals surface area contributed by atoms with Crippen molar-refractivity contribution in [3.05, 3.63) is 4.77 Å². The van der Waals surface area contributed by atoms with Crippen LogP contribution in [0.4, 0.5) is 5.95 Å². The monoisotopic (exact) mass is 187 g/mol. The smallest absolute Gasteiger partial charge is 0.220 e. The van der Waals surface area contributed by atoms with E-state index in [-0.39, 0.29) is 12.4 Å². The van der Waals surface area contributed by atoms with Crippen molar-refractivity contribution in [2.75, 3.05) is 5.73 Å². The molecule has 0 aliphatic rings. The molecule has 0 atom stereocenters. The third-order valence-electron chi connectivity index (χ3n) is 1.37. The zero-order chi connectivity index (χ0) is 9.14. The molecule has 0 unspecified atom stereocenters. The van der Waals surface area contributed by atoms with E-state index < -0.39 is 5.91 Å². The number of carbonyl (C=O) groups excluding carboxylic acids is 1. The highest BCUT2D eigenvalue weighted by molar-refractivity contribution is 7.71. The Morgan fingerprint density at radius 2 is 2.42 bits per heavy atom. The van der Waals surface area contributed by atoms with E-state index in [0.29, 0.717) is 11.3 Å².